The number of aromatic nitrogens is 1. The Morgan fingerprint density at radius 2 is 1.85 bits per heavy atom. The predicted octanol–water partition coefficient (Wildman–Crippen LogP) is 2.38. The fourth-order valence-corrected chi connectivity index (χ4v) is 3.30. The number of carbonyl (C=O) groups is 4. The lowest BCUT2D eigenvalue weighted by atomic mass is 10.1. The lowest BCUT2D eigenvalue weighted by molar-refractivity contribution is -0.192. The van der Waals surface area contributed by atoms with E-state index in [4.69, 9.17) is 20.7 Å². The first-order valence-corrected chi connectivity index (χ1v) is 10.6. The number of amides is 2. The molecular formula is C20H23F3N4O6S. The monoisotopic (exact) mass is 504 g/mol. The van der Waals surface area contributed by atoms with E-state index in [-0.39, 0.29) is 12.5 Å². The van der Waals surface area contributed by atoms with Crippen LogP contribution in [0.4, 0.5) is 24.7 Å². The van der Waals surface area contributed by atoms with Gasteiger partial charge in [0.15, 0.2) is 0 Å². The quantitative estimate of drug-likeness (QED) is 0.561. The molecule has 0 bridgehead atoms. The number of likely N-dealkylation sites (N-methyl/N-ethyl adjacent to an activating group) is 1. The second-order valence-electron chi connectivity index (χ2n) is 6.69. The first-order valence-electron chi connectivity index (χ1n) is 9.63. The Bertz CT molecular complexity index is 1010. The highest BCUT2D eigenvalue weighted by atomic mass is 32.1. The van der Waals surface area contributed by atoms with Crippen LogP contribution in [0, 0.1) is 0 Å². The van der Waals surface area contributed by atoms with Gasteiger partial charge in [0.25, 0.3) is 0 Å². The maximum Gasteiger partial charge on any atom is 0.490 e. The molecule has 1 aliphatic heterocycles. The van der Waals surface area contributed by atoms with Gasteiger partial charge in [0.05, 0.1) is 5.51 Å². The normalized spacial score (nSPS) is 11.9. The molecule has 1 aliphatic rings. The number of anilines is 2. The second-order valence-corrected chi connectivity index (χ2v) is 7.40. The van der Waals surface area contributed by atoms with Crippen molar-refractivity contribution in [2.24, 2.45) is 5.73 Å². The topological polar surface area (TPSA) is 154 Å². The smallest absolute Gasteiger partial charge is 0.480 e. The summed E-state index contributed by atoms with van der Waals surface area (Å²) in [5.74, 6) is -3.31. The first-order chi connectivity index (χ1) is 15.8. The molecule has 1 aromatic heterocycles. The highest BCUT2D eigenvalue weighted by Crippen LogP contribution is 2.28. The van der Waals surface area contributed by atoms with Crippen LogP contribution in [0.2, 0.25) is 0 Å². The maximum atomic E-state index is 11.3. The molecule has 186 valence electrons. The van der Waals surface area contributed by atoms with E-state index in [1.165, 1.54) is 18.3 Å². The van der Waals surface area contributed by atoms with Crippen molar-refractivity contribution in [3.63, 3.8) is 0 Å². The molecule has 0 aliphatic carbocycles. The summed E-state index contributed by atoms with van der Waals surface area (Å²) in [6, 6.07) is 5.25. The van der Waals surface area contributed by atoms with Crippen molar-refractivity contribution in [1.82, 2.24) is 4.98 Å². The van der Waals surface area contributed by atoms with Crippen molar-refractivity contribution < 1.29 is 42.6 Å². The number of rotatable bonds is 5. The fraction of sp³-hybridized carbons (Fsp3) is 0.350. The molecule has 1 aromatic carbocycles. The lowest BCUT2D eigenvalue weighted by Crippen LogP contribution is -2.29. The molecular weight excluding hydrogens is 481 g/mol. The molecule has 14 heteroatoms. The van der Waals surface area contributed by atoms with E-state index in [0.29, 0.717) is 18.7 Å². The van der Waals surface area contributed by atoms with Gasteiger partial charge < -0.3 is 25.7 Å². The van der Waals surface area contributed by atoms with Gasteiger partial charge in [0.2, 0.25) is 11.8 Å². The zero-order chi connectivity index (χ0) is 26.1. The van der Waals surface area contributed by atoms with Gasteiger partial charge in [-0.2, -0.15) is 13.2 Å². The summed E-state index contributed by atoms with van der Waals surface area (Å²) in [6.07, 6.45) is -4.24. The number of carboxylic acid groups (broad SMARTS) is 2. The molecule has 4 N–H and O–H groups in total. The number of carbonyl (C=O) groups excluding carboxylic acids is 2. The van der Waals surface area contributed by atoms with Crippen LogP contribution in [0.3, 0.4) is 0 Å². The third-order valence-corrected chi connectivity index (χ3v) is 4.91. The molecule has 34 heavy (non-hydrogen) atoms. The van der Waals surface area contributed by atoms with Crippen LogP contribution in [0.25, 0.3) is 0 Å². The number of nitrogens with two attached hydrogens (primary N) is 1. The van der Waals surface area contributed by atoms with Crippen LogP contribution >= 0.6 is 11.3 Å². The lowest BCUT2D eigenvalue weighted by Gasteiger charge is -2.16. The van der Waals surface area contributed by atoms with Gasteiger partial charge in [-0.05, 0) is 31.0 Å². The van der Waals surface area contributed by atoms with Crippen molar-refractivity contribution in [3.8, 4) is 0 Å². The van der Waals surface area contributed by atoms with E-state index in [1.807, 2.05) is 18.4 Å². The van der Waals surface area contributed by atoms with Gasteiger partial charge in [-0.15, -0.1) is 11.3 Å². The summed E-state index contributed by atoms with van der Waals surface area (Å²) in [4.78, 5) is 49.0. The van der Waals surface area contributed by atoms with Crippen LogP contribution in [0.15, 0.2) is 29.1 Å². The number of benzene rings is 1. The minimum absolute atomic E-state index is 0.00429. The zero-order valence-corrected chi connectivity index (χ0v) is 19.0. The Balaban J connectivity index is 0.000000274. The highest BCUT2D eigenvalue weighted by Gasteiger charge is 2.38. The van der Waals surface area contributed by atoms with Crippen molar-refractivity contribution in [2.75, 3.05) is 29.4 Å². The van der Waals surface area contributed by atoms with Gasteiger partial charge >= 0.3 is 18.1 Å². The van der Waals surface area contributed by atoms with E-state index in [2.05, 4.69) is 4.98 Å². The summed E-state index contributed by atoms with van der Waals surface area (Å²) < 4.78 is 31.7. The third kappa shape index (κ3) is 8.69. The Morgan fingerprint density at radius 3 is 2.26 bits per heavy atom. The molecule has 0 fully saturated rings. The van der Waals surface area contributed by atoms with Gasteiger partial charge in [0, 0.05) is 36.6 Å². The number of primary amides is 1. The Labute approximate surface area is 196 Å². The molecule has 0 radical (unpaired) electrons. The summed E-state index contributed by atoms with van der Waals surface area (Å²) in [5.41, 5.74) is 9.24. The van der Waals surface area contributed by atoms with Gasteiger partial charge in [-0.3, -0.25) is 14.4 Å². The van der Waals surface area contributed by atoms with E-state index in [0.717, 1.165) is 23.5 Å². The average molecular weight is 504 g/mol. The van der Waals surface area contributed by atoms with Crippen LogP contribution in [0.5, 0.6) is 0 Å². The largest absolute Gasteiger partial charge is 0.490 e. The van der Waals surface area contributed by atoms with Crippen LogP contribution < -0.4 is 15.5 Å². The Morgan fingerprint density at radius 1 is 1.24 bits per heavy atom. The number of thiazole rings is 1. The second kappa shape index (κ2) is 12.5. The average Bonchev–Trinajstić information content (AvgIpc) is 3.41. The predicted molar refractivity (Wildman–Crippen MR) is 118 cm³/mol. The minimum Gasteiger partial charge on any atom is -0.480 e. The van der Waals surface area contributed by atoms with E-state index < -0.39 is 24.0 Å². The molecule has 2 aromatic rings. The van der Waals surface area contributed by atoms with Gasteiger partial charge in [-0.1, -0.05) is 6.07 Å². The number of carboxylic acids is 2. The maximum absolute atomic E-state index is 11.3. The summed E-state index contributed by atoms with van der Waals surface area (Å²) >= 11 is 1.46. The zero-order valence-electron chi connectivity index (χ0n) is 18.2. The summed E-state index contributed by atoms with van der Waals surface area (Å²) in [6.45, 7) is 4.79. The van der Waals surface area contributed by atoms with Crippen LogP contribution in [-0.4, -0.2) is 64.8 Å². The molecule has 0 unspecified atom stereocenters. The standard InChI is InChI=1S/C11H12N2O2.C7H10N2O2S.C2HF3O2/c1-7(14)13-5-4-8-2-3-9(11(12)15)6-10(8)13;1-2-9(3-7(10)11)6-4-12-5-8-6;3-2(4,5)1(6)7/h2-3,6H,4-5H2,1H3,(H2,12,15);4-5H,2-3H2,1H3,(H,10,11);(H,6,7). The molecule has 10 nitrogen and oxygen atoms in total. The summed E-state index contributed by atoms with van der Waals surface area (Å²) in [7, 11) is 0. The van der Waals surface area contributed by atoms with E-state index >= 15 is 0 Å². The fourth-order valence-electron chi connectivity index (χ4n) is 2.74. The van der Waals surface area contributed by atoms with Gasteiger partial charge in [-0.25, -0.2) is 9.78 Å². The number of alkyl halides is 3. The van der Waals surface area contributed by atoms with Crippen molar-refractivity contribution >= 4 is 46.6 Å². The molecule has 2 amide bonds. The molecule has 0 spiro atoms. The minimum atomic E-state index is -5.08. The Kier molecular flexibility index (Phi) is 10.4. The molecule has 2 heterocycles. The molecule has 0 saturated heterocycles. The Hall–Kier alpha value is -3.68. The number of hydrogen-bond acceptors (Lipinski definition) is 7. The van der Waals surface area contributed by atoms with Crippen molar-refractivity contribution in [3.05, 3.63) is 40.2 Å². The number of fused-ring (bicyclic) bond motifs is 1. The number of nitrogens with zero attached hydrogens (tertiary/aromatic N) is 3. The van der Waals surface area contributed by atoms with E-state index in [9.17, 15) is 27.6 Å². The summed E-state index contributed by atoms with van der Waals surface area (Å²) in [5, 5.41) is 17.5. The van der Waals surface area contributed by atoms with Crippen molar-refractivity contribution in [1.29, 1.82) is 0 Å². The van der Waals surface area contributed by atoms with Crippen molar-refractivity contribution in [2.45, 2.75) is 26.4 Å². The SMILES string of the molecule is CC(=O)N1CCc2ccc(C(N)=O)cc21.CCN(CC(=O)O)c1cscn1.O=C(O)C(F)(F)F. The molecule has 0 atom stereocenters. The number of hydrogen-bond donors (Lipinski definition) is 3. The van der Waals surface area contributed by atoms with Crippen LogP contribution in [0.1, 0.15) is 29.8 Å². The molecule has 3 rings (SSSR count). The molecule has 0 saturated carbocycles. The number of aliphatic carboxylic acids is 2. The number of halogens is 3. The van der Waals surface area contributed by atoms with E-state index in [1.54, 1.807) is 27.4 Å². The van der Waals surface area contributed by atoms with Gasteiger partial charge in [0.1, 0.15) is 12.4 Å². The third-order valence-electron chi connectivity index (χ3n) is 4.34. The first kappa shape index (κ1) is 28.4. The highest BCUT2D eigenvalue weighted by molar-refractivity contribution is 7.07. The van der Waals surface area contributed by atoms with Crippen LogP contribution in [-0.2, 0) is 20.8 Å².